The molecule has 0 bridgehead atoms. The number of Topliss-reactive ketones (excluding diaryl/α,β-unsaturated/α-hetero) is 2. The molecule has 43 heavy (non-hydrogen) atoms. The quantitative estimate of drug-likeness (QED) is 0.195. The lowest BCUT2D eigenvalue weighted by Crippen LogP contribution is -2.65. The van der Waals surface area contributed by atoms with Gasteiger partial charge in [-0.25, -0.2) is 4.39 Å². The van der Waals surface area contributed by atoms with Gasteiger partial charge in [-0.1, -0.05) is 13.8 Å². The van der Waals surface area contributed by atoms with Gasteiger partial charge >= 0.3 is 0 Å². The minimum atomic E-state index is -2.80. The Balaban J connectivity index is 1.66. The molecular formula is C30H37FN4O8. The van der Waals surface area contributed by atoms with E-state index in [2.05, 4.69) is 5.32 Å². The van der Waals surface area contributed by atoms with Crippen molar-refractivity contribution in [2.24, 2.45) is 17.6 Å². The van der Waals surface area contributed by atoms with Crippen LogP contribution in [0.15, 0.2) is 16.9 Å². The summed E-state index contributed by atoms with van der Waals surface area (Å²) in [7, 11) is 3.00. The number of aliphatic hydroxyl groups excluding tert-OH is 2. The number of anilines is 1. The Hall–Kier alpha value is -3.81. The number of fused-ring (bicyclic) bond motifs is 4. The summed E-state index contributed by atoms with van der Waals surface area (Å²) in [6.07, 6.45) is 1.22. The molecule has 0 saturated heterocycles. The number of nitrogens with zero attached hydrogens (tertiary/aromatic N) is 2. The summed E-state index contributed by atoms with van der Waals surface area (Å²) >= 11 is 0. The second kappa shape index (κ2) is 10.7. The number of likely N-dealkylation sites (N-methyl/N-ethyl adjacent to an activating group) is 1. The first-order chi connectivity index (χ1) is 20.2. The van der Waals surface area contributed by atoms with Crippen molar-refractivity contribution in [1.82, 2.24) is 9.80 Å². The molecule has 1 aromatic carbocycles. The first-order valence-corrected chi connectivity index (χ1v) is 14.5. The standard InChI is InChI=1S/C30H37FN4O8/c1-5-7-35(8-6-2)16-11-14-20(31)13-9-12-10-15-22(34(3)4)25(38)19(28(32)41)27(40)30(15,43)26(39)17(12)23(36)18(13)24(37)21(14)33-29(16)42/h12,15-16,22,36-37,40,43H,5-11H2,1-4H3,(H2,32,41)(H,33,42)/t12-,15-,16?,22+,30+/m1/s1. The van der Waals surface area contributed by atoms with Crippen molar-refractivity contribution in [3.63, 3.8) is 0 Å². The second-order valence-electron chi connectivity index (χ2n) is 12.1. The maximum Gasteiger partial charge on any atom is 0.255 e. The van der Waals surface area contributed by atoms with Crippen molar-refractivity contribution in [2.75, 3.05) is 32.5 Å². The number of hydrogen-bond acceptors (Lipinski definition) is 10. The highest BCUT2D eigenvalue weighted by molar-refractivity contribution is 6.24. The number of primary amides is 1. The third-order valence-corrected chi connectivity index (χ3v) is 9.33. The van der Waals surface area contributed by atoms with Crippen molar-refractivity contribution in [3.05, 3.63) is 39.4 Å². The molecule has 0 spiro atoms. The molecule has 1 fully saturated rings. The number of carbonyl (C=O) groups is 4. The number of phenolic OH excluding ortho intramolecular Hbond substituents is 1. The number of carbonyl (C=O) groups excluding carboxylic acids is 4. The highest BCUT2D eigenvalue weighted by atomic mass is 19.1. The summed E-state index contributed by atoms with van der Waals surface area (Å²) < 4.78 is 16.3. The molecule has 12 nitrogen and oxygen atoms in total. The molecule has 1 aliphatic heterocycles. The number of amides is 2. The van der Waals surface area contributed by atoms with Gasteiger partial charge in [0.15, 0.2) is 17.1 Å². The fourth-order valence-corrected chi connectivity index (χ4v) is 7.50. The van der Waals surface area contributed by atoms with Crippen LogP contribution in [0.4, 0.5) is 10.1 Å². The Labute approximate surface area is 247 Å². The van der Waals surface area contributed by atoms with E-state index in [0.29, 0.717) is 13.1 Å². The lowest BCUT2D eigenvalue weighted by molar-refractivity contribution is -0.153. The van der Waals surface area contributed by atoms with Gasteiger partial charge in [-0.3, -0.25) is 29.0 Å². The average Bonchev–Trinajstić information content (AvgIpc) is 2.93. The van der Waals surface area contributed by atoms with Crippen LogP contribution >= 0.6 is 0 Å². The third kappa shape index (κ3) is 4.27. The fraction of sp³-hybridized carbons (Fsp3) is 0.533. The van der Waals surface area contributed by atoms with Crippen LogP contribution in [0, 0.1) is 17.7 Å². The largest absolute Gasteiger partial charge is 0.508 e. The van der Waals surface area contributed by atoms with E-state index >= 15 is 4.39 Å². The highest BCUT2D eigenvalue weighted by Crippen LogP contribution is 2.54. The summed E-state index contributed by atoms with van der Waals surface area (Å²) in [4.78, 5) is 55.8. The van der Waals surface area contributed by atoms with Gasteiger partial charge in [0.25, 0.3) is 5.91 Å². The predicted octanol–water partition coefficient (Wildman–Crippen LogP) is 1.09. The molecule has 1 aromatic rings. The van der Waals surface area contributed by atoms with Gasteiger partial charge in [0, 0.05) is 29.0 Å². The van der Waals surface area contributed by atoms with E-state index < -0.39 is 87.1 Å². The molecular weight excluding hydrogens is 563 g/mol. The Morgan fingerprint density at radius 3 is 2.26 bits per heavy atom. The van der Waals surface area contributed by atoms with Crippen LogP contribution in [-0.4, -0.2) is 98.5 Å². The number of aromatic hydroxyl groups is 1. The van der Waals surface area contributed by atoms with Crippen LogP contribution in [0.5, 0.6) is 5.75 Å². The van der Waals surface area contributed by atoms with Crippen molar-refractivity contribution in [3.8, 4) is 5.75 Å². The van der Waals surface area contributed by atoms with Gasteiger partial charge in [-0.2, -0.15) is 0 Å². The Bertz CT molecular complexity index is 1510. The van der Waals surface area contributed by atoms with E-state index in [4.69, 9.17) is 5.73 Å². The lowest BCUT2D eigenvalue weighted by Gasteiger charge is -2.50. The smallest absolute Gasteiger partial charge is 0.255 e. The summed E-state index contributed by atoms with van der Waals surface area (Å²) in [5, 5.41) is 47.9. The van der Waals surface area contributed by atoms with Gasteiger partial charge < -0.3 is 31.5 Å². The molecule has 2 amide bonds. The van der Waals surface area contributed by atoms with Crippen molar-refractivity contribution in [2.45, 2.75) is 63.6 Å². The van der Waals surface area contributed by atoms with E-state index in [9.17, 15) is 39.6 Å². The van der Waals surface area contributed by atoms with Crippen molar-refractivity contribution < 1.29 is 44.0 Å². The van der Waals surface area contributed by atoms with Crippen LogP contribution in [0.25, 0.3) is 5.76 Å². The fourth-order valence-electron chi connectivity index (χ4n) is 7.50. The molecule has 3 aliphatic carbocycles. The molecule has 5 atom stereocenters. The van der Waals surface area contributed by atoms with Crippen LogP contribution in [-0.2, 0) is 32.0 Å². The maximum atomic E-state index is 16.3. The zero-order valence-electron chi connectivity index (χ0n) is 24.5. The first kappa shape index (κ1) is 30.6. The molecule has 1 unspecified atom stereocenters. The zero-order chi connectivity index (χ0) is 31.7. The van der Waals surface area contributed by atoms with Crippen LogP contribution in [0.1, 0.15) is 49.8 Å². The molecule has 4 aliphatic rings. The van der Waals surface area contributed by atoms with Gasteiger partial charge in [-0.05, 0) is 58.8 Å². The molecule has 1 saturated carbocycles. The van der Waals surface area contributed by atoms with Gasteiger partial charge in [0.2, 0.25) is 11.7 Å². The number of benzene rings is 1. The third-order valence-electron chi connectivity index (χ3n) is 9.33. The topological polar surface area (TPSA) is 194 Å². The number of hydrogen-bond donors (Lipinski definition) is 6. The Morgan fingerprint density at radius 2 is 1.70 bits per heavy atom. The highest BCUT2D eigenvalue weighted by Gasteiger charge is 2.64. The number of phenols is 1. The van der Waals surface area contributed by atoms with Gasteiger partial charge in [-0.15, -0.1) is 0 Å². The van der Waals surface area contributed by atoms with Crippen LogP contribution < -0.4 is 11.1 Å². The number of ketones is 2. The van der Waals surface area contributed by atoms with Gasteiger partial charge in [0.1, 0.15) is 22.9 Å². The summed E-state index contributed by atoms with van der Waals surface area (Å²) in [6, 6.07) is -1.91. The van der Waals surface area contributed by atoms with Crippen LogP contribution in [0.2, 0.25) is 0 Å². The molecule has 13 heteroatoms. The van der Waals surface area contributed by atoms with E-state index in [1.165, 1.54) is 19.0 Å². The SMILES string of the molecule is CCCN(CCC)C1Cc2c(F)c3c(c(O)c2NC1=O)C(O)=C1C(=O)[C@]2(O)C(O)=C(C(N)=O)C(=O)[C@@H](N(C)C)[C@H]2C[C@H]1C3. The number of halogens is 1. The summed E-state index contributed by atoms with van der Waals surface area (Å²) in [5.74, 6) is -9.37. The minimum Gasteiger partial charge on any atom is -0.508 e. The maximum absolute atomic E-state index is 16.3. The number of aliphatic hydroxyl groups is 3. The average molecular weight is 601 g/mol. The van der Waals surface area contributed by atoms with E-state index in [0.717, 1.165) is 12.8 Å². The normalized spacial score (nSPS) is 28.5. The van der Waals surface area contributed by atoms with E-state index in [-0.39, 0.29) is 41.6 Å². The Morgan fingerprint density at radius 1 is 1.07 bits per heavy atom. The van der Waals surface area contributed by atoms with Crippen LogP contribution in [0.3, 0.4) is 0 Å². The summed E-state index contributed by atoms with van der Waals surface area (Å²) in [6.45, 7) is 5.19. The van der Waals surface area contributed by atoms with Crippen molar-refractivity contribution in [1.29, 1.82) is 0 Å². The molecule has 7 N–H and O–H groups in total. The molecule has 0 radical (unpaired) electrons. The number of nitrogens with two attached hydrogens (primary N) is 1. The molecule has 5 rings (SSSR count). The number of rotatable bonds is 7. The Kier molecular flexibility index (Phi) is 7.64. The zero-order valence-corrected chi connectivity index (χ0v) is 24.5. The molecule has 0 aromatic heterocycles. The predicted molar refractivity (Wildman–Crippen MR) is 152 cm³/mol. The molecule has 1 heterocycles. The number of nitrogens with one attached hydrogen (secondary N) is 1. The first-order valence-electron chi connectivity index (χ1n) is 14.5. The van der Waals surface area contributed by atoms with E-state index in [1.807, 2.05) is 18.7 Å². The second-order valence-corrected chi connectivity index (χ2v) is 12.1. The molecule has 232 valence electrons. The monoisotopic (exact) mass is 600 g/mol. The van der Waals surface area contributed by atoms with Crippen molar-refractivity contribution >= 4 is 34.8 Å². The summed E-state index contributed by atoms with van der Waals surface area (Å²) in [5.41, 5.74) is 0.662. The van der Waals surface area contributed by atoms with E-state index in [1.54, 1.807) is 0 Å². The van der Waals surface area contributed by atoms with Gasteiger partial charge in [0.05, 0.1) is 23.3 Å². The lowest BCUT2D eigenvalue weighted by atomic mass is 9.57. The minimum absolute atomic E-state index is 0.0110.